The number of rotatable bonds is 4. The minimum absolute atomic E-state index is 0.203. The SMILES string of the molecule is CS(=O)(=O)N1CCC[C@H](C(=O)Nc2nc(-c3cc(Cl)sc3Cl)cs2)C1. The van der Waals surface area contributed by atoms with E-state index in [0.29, 0.717) is 38.9 Å². The predicted molar refractivity (Wildman–Crippen MR) is 103 cm³/mol. The third kappa shape index (κ3) is 4.53. The maximum absolute atomic E-state index is 12.4. The Labute approximate surface area is 163 Å². The lowest BCUT2D eigenvalue weighted by Crippen LogP contribution is -2.43. The number of amides is 1. The van der Waals surface area contributed by atoms with E-state index in [1.807, 2.05) is 0 Å². The summed E-state index contributed by atoms with van der Waals surface area (Å²) in [6.07, 6.45) is 2.48. The van der Waals surface area contributed by atoms with Gasteiger partial charge in [-0.2, -0.15) is 0 Å². The van der Waals surface area contributed by atoms with Crippen molar-refractivity contribution in [2.45, 2.75) is 12.8 Å². The van der Waals surface area contributed by atoms with Crippen molar-refractivity contribution in [3.63, 3.8) is 0 Å². The fraction of sp³-hybridized carbons (Fsp3) is 0.429. The van der Waals surface area contributed by atoms with Gasteiger partial charge in [0.05, 0.1) is 22.2 Å². The van der Waals surface area contributed by atoms with Gasteiger partial charge in [-0.3, -0.25) is 4.79 Å². The number of nitrogens with zero attached hydrogens (tertiary/aromatic N) is 2. The van der Waals surface area contributed by atoms with Crippen LogP contribution in [0, 0.1) is 5.92 Å². The molecule has 6 nitrogen and oxygen atoms in total. The van der Waals surface area contributed by atoms with Crippen molar-refractivity contribution < 1.29 is 13.2 Å². The molecular formula is C14H15Cl2N3O3S3. The number of piperidine rings is 1. The van der Waals surface area contributed by atoms with Gasteiger partial charge in [-0.25, -0.2) is 17.7 Å². The molecule has 3 rings (SSSR count). The van der Waals surface area contributed by atoms with Crippen LogP contribution in [0.1, 0.15) is 12.8 Å². The van der Waals surface area contributed by atoms with Gasteiger partial charge in [0.1, 0.15) is 4.34 Å². The fourth-order valence-electron chi connectivity index (χ4n) is 2.63. The summed E-state index contributed by atoms with van der Waals surface area (Å²) < 4.78 is 25.8. The molecule has 0 aliphatic carbocycles. The summed E-state index contributed by atoms with van der Waals surface area (Å²) in [6.45, 7) is 0.663. The molecule has 0 unspecified atom stereocenters. The molecule has 0 spiro atoms. The maximum Gasteiger partial charge on any atom is 0.230 e. The molecule has 25 heavy (non-hydrogen) atoms. The molecule has 2 aromatic heterocycles. The van der Waals surface area contributed by atoms with Gasteiger partial charge < -0.3 is 5.32 Å². The number of hydrogen-bond donors (Lipinski definition) is 1. The van der Waals surface area contributed by atoms with Gasteiger partial charge in [0, 0.05) is 24.0 Å². The Kier molecular flexibility index (Phi) is 5.72. The molecule has 11 heteroatoms. The largest absolute Gasteiger partial charge is 0.302 e. The number of thiazole rings is 1. The molecule has 1 aliphatic heterocycles. The van der Waals surface area contributed by atoms with Crippen molar-refractivity contribution >= 4 is 66.9 Å². The molecule has 0 bridgehead atoms. The number of sulfonamides is 1. The molecule has 1 N–H and O–H groups in total. The molecule has 2 aromatic rings. The van der Waals surface area contributed by atoms with Crippen LogP contribution in [0.15, 0.2) is 11.4 Å². The van der Waals surface area contributed by atoms with Gasteiger partial charge in [0.25, 0.3) is 0 Å². The van der Waals surface area contributed by atoms with Gasteiger partial charge >= 0.3 is 0 Å². The van der Waals surface area contributed by atoms with Crippen LogP contribution in [0.5, 0.6) is 0 Å². The van der Waals surface area contributed by atoms with E-state index in [1.165, 1.54) is 27.0 Å². The molecule has 0 radical (unpaired) electrons. The summed E-state index contributed by atoms with van der Waals surface area (Å²) in [5, 5.41) is 5.02. The topological polar surface area (TPSA) is 79.4 Å². The van der Waals surface area contributed by atoms with Crippen molar-refractivity contribution in [3.05, 3.63) is 20.1 Å². The third-order valence-electron chi connectivity index (χ3n) is 3.89. The van der Waals surface area contributed by atoms with E-state index >= 15 is 0 Å². The second kappa shape index (κ2) is 7.50. The van der Waals surface area contributed by atoms with Crippen LogP contribution in [0.2, 0.25) is 8.67 Å². The first-order valence-electron chi connectivity index (χ1n) is 7.41. The zero-order valence-electron chi connectivity index (χ0n) is 13.2. The summed E-state index contributed by atoms with van der Waals surface area (Å²) in [5.41, 5.74) is 1.38. The normalized spacial score (nSPS) is 19.1. The Balaban J connectivity index is 1.68. The Morgan fingerprint density at radius 1 is 1.44 bits per heavy atom. The number of aromatic nitrogens is 1. The molecule has 1 saturated heterocycles. The standard InChI is InChI=1S/C14H15Cl2N3O3S3/c1-25(21,22)19-4-2-3-8(6-19)13(20)18-14-17-10(7-23-14)9-5-11(15)24-12(9)16/h5,7-8H,2-4,6H2,1H3,(H,17,18,20)/t8-/m0/s1. The Morgan fingerprint density at radius 3 is 2.84 bits per heavy atom. The first-order valence-corrected chi connectivity index (χ1v) is 11.7. The van der Waals surface area contributed by atoms with Crippen LogP contribution < -0.4 is 5.32 Å². The summed E-state index contributed by atoms with van der Waals surface area (Å²) in [7, 11) is -3.29. The van der Waals surface area contributed by atoms with E-state index in [9.17, 15) is 13.2 Å². The Bertz CT molecular complexity index is 894. The highest BCUT2D eigenvalue weighted by Gasteiger charge is 2.30. The summed E-state index contributed by atoms with van der Waals surface area (Å²) in [4.78, 5) is 16.8. The molecule has 3 heterocycles. The third-order valence-corrected chi connectivity index (χ3v) is 7.41. The van der Waals surface area contributed by atoms with Crippen LogP contribution in [0.25, 0.3) is 11.3 Å². The Morgan fingerprint density at radius 2 is 2.20 bits per heavy atom. The van der Waals surface area contributed by atoms with Gasteiger partial charge in [-0.05, 0) is 18.9 Å². The monoisotopic (exact) mass is 439 g/mol. The van der Waals surface area contributed by atoms with Crippen molar-refractivity contribution in [1.82, 2.24) is 9.29 Å². The van der Waals surface area contributed by atoms with E-state index in [4.69, 9.17) is 23.2 Å². The highest BCUT2D eigenvalue weighted by molar-refractivity contribution is 7.88. The predicted octanol–water partition coefficient (Wildman–Crippen LogP) is 3.79. The van der Waals surface area contributed by atoms with Crippen molar-refractivity contribution in [1.29, 1.82) is 0 Å². The number of thiophene rings is 1. The van der Waals surface area contributed by atoms with Crippen molar-refractivity contribution in [2.24, 2.45) is 5.92 Å². The molecule has 136 valence electrons. The molecule has 1 aliphatic rings. The minimum Gasteiger partial charge on any atom is -0.302 e. The second-order valence-electron chi connectivity index (χ2n) is 5.73. The zero-order chi connectivity index (χ0) is 18.2. The van der Waals surface area contributed by atoms with Crippen LogP contribution >= 0.6 is 45.9 Å². The second-order valence-corrected chi connectivity index (χ2v) is 10.9. The highest BCUT2D eigenvalue weighted by Crippen LogP contribution is 2.39. The highest BCUT2D eigenvalue weighted by atomic mass is 35.5. The lowest BCUT2D eigenvalue weighted by molar-refractivity contribution is -0.120. The number of hydrogen-bond acceptors (Lipinski definition) is 6. The molecular weight excluding hydrogens is 425 g/mol. The van der Waals surface area contributed by atoms with Crippen LogP contribution in [0.3, 0.4) is 0 Å². The van der Waals surface area contributed by atoms with E-state index in [1.54, 1.807) is 11.4 Å². The first kappa shape index (κ1) is 19.1. The van der Waals surface area contributed by atoms with Gasteiger partial charge in [-0.1, -0.05) is 23.2 Å². The summed E-state index contributed by atoms with van der Waals surface area (Å²) in [5.74, 6) is -0.598. The number of carbonyl (C=O) groups is 1. The average Bonchev–Trinajstić information content (AvgIpc) is 3.12. The van der Waals surface area contributed by atoms with Crippen molar-refractivity contribution in [2.75, 3.05) is 24.7 Å². The molecule has 1 amide bonds. The summed E-state index contributed by atoms with van der Waals surface area (Å²) in [6, 6.07) is 1.74. The lowest BCUT2D eigenvalue weighted by atomic mass is 9.99. The smallest absolute Gasteiger partial charge is 0.230 e. The van der Waals surface area contributed by atoms with Gasteiger partial charge in [-0.15, -0.1) is 22.7 Å². The first-order chi connectivity index (χ1) is 11.7. The summed E-state index contributed by atoms with van der Waals surface area (Å²) >= 11 is 14.6. The van der Waals surface area contributed by atoms with Crippen molar-refractivity contribution in [3.8, 4) is 11.3 Å². The lowest BCUT2D eigenvalue weighted by Gasteiger charge is -2.29. The number of anilines is 1. The number of halogens is 2. The Hall–Kier alpha value is -0.710. The van der Waals surface area contributed by atoms with Crippen LogP contribution in [-0.4, -0.2) is 43.0 Å². The van der Waals surface area contributed by atoms with Gasteiger partial charge in [0.15, 0.2) is 5.13 Å². The van der Waals surface area contributed by atoms with E-state index in [2.05, 4.69) is 10.3 Å². The number of nitrogens with one attached hydrogen (secondary N) is 1. The number of carbonyl (C=O) groups excluding carboxylic acids is 1. The quantitative estimate of drug-likeness (QED) is 0.785. The minimum atomic E-state index is -3.29. The maximum atomic E-state index is 12.4. The van der Waals surface area contributed by atoms with Crippen LogP contribution in [0.4, 0.5) is 5.13 Å². The average molecular weight is 440 g/mol. The fourth-order valence-corrected chi connectivity index (χ4v) is 5.74. The van der Waals surface area contributed by atoms with E-state index < -0.39 is 10.0 Å². The van der Waals surface area contributed by atoms with Gasteiger partial charge in [0.2, 0.25) is 15.9 Å². The van der Waals surface area contributed by atoms with Crippen LogP contribution in [-0.2, 0) is 14.8 Å². The molecule has 1 fully saturated rings. The zero-order valence-corrected chi connectivity index (χ0v) is 17.1. The van der Waals surface area contributed by atoms with E-state index in [0.717, 1.165) is 11.8 Å². The molecule has 1 atom stereocenters. The molecule has 0 saturated carbocycles. The molecule has 0 aromatic carbocycles. The van der Waals surface area contributed by atoms with E-state index in [-0.39, 0.29) is 18.4 Å².